The predicted molar refractivity (Wildman–Crippen MR) is 59.1 cm³/mol. The smallest absolute Gasteiger partial charge is 0.292 e. The van der Waals surface area contributed by atoms with Crippen molar-refractivity contribution in [3.05, 3.63) is 33.9 Å². The van der Waals surface area contributed by atoms with Gasteiger partial charge in [-0.3, -0.25) is 0 Å². The first-order valence-corrected chi connectivity index (χ1v) is 5.00. The predicted octanol–water partition coefficient (Wildman–Crippen LogP) is 3.34. The molecule has 0 amide bonds. The molecule has 3 nitrogen and oxygen atoms in total. The van der Waals surface area contributed by atoms with E-state index in [-0.39, 0.29) is 6.01 Å². The van der Waals surface area contributed by atoms with Crippen LogP contribution in [-0.2, 0) is 0 Å². The normalized spacial score (nSPS) is 10.4. The van der Waals surface area contributed by atoms with Gasteiger partial charge in [-0.15, -0.1) is 0 Å². The van der Waals surface area contributed by atoms with Gasteiger partial charge in [-0.1, -0.05) is 11.6 Å². The lowest BCUT2D eigenvalue weighted by Gasteiger charge is -1.98. The number of anilines is 1. The lowest BCUT2D eigenvalue weighted by Crippen LogP contribution is -1.80. The molecule has 1 aromatic carbocycles. The first-order chi connectivity index (χ1) is 6.66. The van der Waals surface area contributed by atoms with Gasteiger partial charge in [0.05, 0.1) is 11.2 Å². The number of nitrogen functional groups attached to an aromatic ring is 1. The molecule has 0 aliphatic carbocycles. The number of hydrogen-bond donors (Lipinski definition) is 1. The van der Waals surface area contributed by atoms with E-state index in [1.54, 1.807) is 12.3 Å². The maximum Gasteiger partial charge on any atom is 0.292 e. The number of hydrogen-bond acceptors (Lipinski definition) is 3. The van der Waals surface area contributed by atoms with Gasteiger partial charge in [0.2, 0.25) is 0 Å². The van der Waals surface area contributed by atoms with E-state index in [1.165, 1.54) is 0 Å². The van der Waals surface area contributed by atoms with Gasteiger partial charge in [-0.2, -0.15) is 0 Å². The average Bonchev–Trinajstić information content (AvgIpc) is 2.57. The summed E-state index contributed by atoms with van der Waals surface area (Å²) in [7, 11) is 0. The van der Waals surface area contributed by atoms with E-state index < -0.39 is 0 Å². The minimum Gasteiger partial charge on any atom is -0.424 e. The van der Waals surface area contributed by atoms with Crippen LogP contribution in [0.15, 0.2) is 33.3 Å². The molecule has 0 fully saturated rings. The minimum atomic E-state index is 0.158. The third-order valence-corrected chi connectivity index (χ3v) is 2.94. The van der Waals surface area contributed by atoms with Crippen molar-refractivity contribution in [2.24, 2.45) is 0 Å². The van der Waals surface area contributed by atoms with Gasteiger partial charge in [-0.05, 0) is 34.1 Å². The van der Waals surface area contributed by atoms with Gasteiger partial charge in [-0.25, -0.2) is 4.98 Å². The molecule has 0 radical (unpaired) electrons. The van der Waals surface area contributed by atoms with Crippen LogP contribution < -0.4 is 5.73 Å². The molecular formula is C9H6BrClN2O. The summed E-state index contributed by atoms with van der Waals surface area (Å²) >= 11 is 9.18. The quantitative estimate of drug-likeness (QED) is 0.867. The average molecular weight is 274 g/mol. The second-order valence-electron chi connectivity index (χ2n) is 2.69. The molecule has 5 heteroatoms. The highest BCUT2D eigenvalue weighted by atomic mass is 79.9. The lowest BCUT2D eigenvalue weighted by molar-refractivity contribution is 0.595. The Hall–Kier alpha value is -1.00. The molecule has 14 heavy (non-hydrogen) atoms. The monoisotopic (exact) mass is 272 g/mol. The van der Waals surface area contributed by atoms with Gasteiger partial charge < -0.3 is 10.2 Å². The Morgan fingerprint density at radius 1 is 1.43 bits per heavy atom. The van der Waals surface area contributed by atoms with Crippen LogP contribution in [-0.4, -0.2) is 4.98 Å². The van der Waals surface area contributed by atoms with Crippen molar-refractivity contribution >= 4 is 33.5 Å². The summed E-state index contributed by atoms with van der Waals surface area (Å²) in [5, 5.41) is 0.654. The van der Waals surface area contributed by atoms with E-state index in [0.717, 1.165) is 10.0 Å². The van der Waals surface area contributed by atoms with Crippen LogP contribution in [0.5, 0.6) is 0 Å². The molecule has 72 valence electrons. The van der Waals surface area contributed by atoms with E-state index in [2.05, 4.69) is 20.9 Å². The van der Waals surface area contributed by atoms with E-state index >= 15 is 0 Å². The summed E-state index contributed by atoms with van der Waals surface area (Å²) in [4.78, 5) is 3.81. The molecule has 0 unspecified atom stereocenters. The fourth-order valence-corrected chi connectivity index (χ4v) is 1.57. The second kappa shape index (κ2) is 3.63. The van der Waals surface area contributed by atoms with Crippen molar-refractivity contribution in [2.45, 2.75) is 0 Å². The number of nitrogens with zero attached hydrogens (tertiary/aromatic N) is 1. The molecule has 0 spiro atoms. The van der Waals surface area contributed by atoms with Crippen LogP contribution >= 0.6 is 27.5 Å². The van der Waals surface area contributed by atoms with Gasteiger partial charge in [0.25, 0.3) is 6.01 Å². The molecule has 0 aliphatic rings. The molecule has 1 aromatic heterocycles. The third kappa shape index (κ3) is 1.76. The molecule has 2 rings (SSSR count). The van der Waals surface area contributed by atoms with E-state index in [4.69, 9.17) is 21.8 Å². The van der Waals surface area contributed by atoms with Crippen LogP contribution in [0.2, 0.25) is 5.02 Å². The number of rotatable bonds is 1. The Bertz CT molecular complexity index is 470. The van der Waals surface area contributed by atoms with Crippen LogP contribution in [0.3, 0.4) is 0 Å². The SMILES string of the molecule is Nc1ncc(-c2ccc(Cl)c(Br)c2)o1. The molecule has 2 N–H and O–H groups in total. The molecule has 2 aromatic rings. The minimum absolute atomic E-state index is 0.158. The van der Waals surface area contributed by atoms with Crippen LogP contribution in [0.25, 0.3) is 11.3 Å². The first-order valence-electron chi connectivity index (χ1n) is 3.83. The number of oxazole rings is 1. The summed E-state index contributed by atoms with van der Waals surface area (Å²) in [6, 6.07) is 5.63. The maximum absolute atomic E-state index is 5.86. The Morgan fingerprint density at radius 2 is 2.21 bits per heavy atom. The molecular weight excluding hydrogens is 267 g/mol. The largest absolute Gasteiger partial charge is 0.424 e. The van der Waals surface area contributed by atoms with Crippen LogP contribution in [0.4, 0.5) is 6.01 Å². The highest BCUT2D eigenvalue weighted by Gasteiger charge is 2.05. The van der Waals surface area contributed by atoms with Crippen molar-refractivity contribution in [3.63, 3.8) is 0 Å². The summed E-state index contributed by atoms with van der Waals surface area (Å²) in [5.41, 5.74) is 6.25. The Morgan fingerprint density at radius 3 is 2.79 bits per heavy atom. The molecule has 0 aliphatic heterocycles. The fraction of sp³-hybridized carbons (Fsp3) is 0. The zero-order chi connectivity index (χ0) is 10.1. The number of nitrogens with two attached hydrogens (primary N) is 1. The van der Waals surface area contributed by atoms with E-state index in [1.807, 2.05) is 12.1 Å². The number of aromatic nitrogens is 1. The first kappa shape index (κ1) is 9.55. The Labute approximate surface area is 94.0 Å². The zero-order valence-corrected chi connectivity index (χ0v) is 9.34. The Kier molecular flexibility index (Phi) is 2.48. The van der Waals surface area contributed by atoms with Crippen molar-refractivity contribution in [1.29, 1.82) is 0 Å². The van der Waals surface area contributed by atoms with Gasteiger partial charge in [0.1, 0.15) is 0 Å². The zero-order valence-electron chi connectivity index (χ0n) is 7.00. The fourth-order valence-electron chi connectivity index (χ4n) is 1.07. The lowest BCUT2D eigenvalue weighted by atomic mass is 10.2. The van der Waals surface area contributed by atoms with Crippen molar-refractivity contribution < 1.29 is 4.42 Å². The highest BCUT2D eigenvalue weighted by molar-refractivity contribution is 9.10. The van der Waals surface area contributed by atoms with Gasteiger partial charge >= 0.3 is 0 Å². The summed E-state index contributed by atoms with van der Waals surface area (Å²) < 4.78 is 5.98. The van der Waals surface area contributed by atoms with Crippen LogP contribution in [0.1, 0.15) is 0 Å². The van der Waals surface area contributed by atoms with E-state index in [0.29, 0.717) is 10.8 Å². The molecule has 0 saturated carbocycles. The number of halogens is 2. The summed E-state index contributed by atoms with van der Waals surface area (Å²) in [6.07, 6.45) is 1.57. The molecule has 0 atom stereocenters. The summed E-state index contributed by atoms with van der Waals surface area (Å²) in [5.74, 6) is 0.625. The second-order valence-corrected chi connectivity index (χ2v) is 3.95. The maximum atomic E-state index is 5.86. The Balaban J connectivity index is 2.47. The number of benzene rings is 1. The molecule has 1 heterocycles. The van der Waals surface area contributed by atoms with Crippen molar-refractivity contribution in [2.75, 3.05) is 5.73 Å². The van der Waals surface area contributed by atoms with E-state index in [9.17, 15) is 0 Å². The summed E-state index contributed by atoms with van der Waals surface area (Å²) in [6.45, 7) is 0. The molecule has 0 bridgehead atoms. The van der Waals surface area contributed by atoms with Gasteiger partial charge in [0.15, 0.2) is 5.76 Å². The standard InChI is InChI=1S/C9H6BrClN2O/c10-6-3-5(1-2-7(6)11)8-4-13-9(12)14-8/h1-4H,(H2,12,13). The van der Waals surface area contributed by atoms with Crippen LogP contribution in [0, 0.1) is 0 Å². The van der Waals surface area contributed by atoms with Crippen molar-refractivity contribution in [3.8, 4) is 11.3 Å². The van der Waals surface area contributed by atoms with Crippen molar-refractivity contribution in [1.82, 2.24) is 4.98 Å². The van der Waals surface area contributed by atoms with Gasteiger partial charge in [0, 0.05) is 10.0 Å². The molecule has 0 saturated heterocycles. The third-order valence-electron chi connectivity index (χ3n) is 1.73. The highest BCUT2D eigenvalue weighted by Crippen LogP contribution is 2.29. The topological polar surface area (TPSA) is 52.0 Å².